The fourth-order valence-corrected chi connectivity index (χ4v) is 10.0. The summed E-state index contributed by atoms with van der Waals surface area (Å²) in [7, 11) is -1.07. The normalized spacial score (nSPS) is 31.1. The summed E-state index contributed by atoms with van der Waals surface area (Å²) in [4.78, 5) is 0. The summed E-state index contributed by atoms with van der Waals surface area (Å²) in [5.74, 6) is 0. The van der Waals surface area contributed by atoms with Crippen LogP contribution in [0.15, 0.2) is 0 Å². The zero-order chi connectivity index (χ0) is 22.5. The van der Waals surface area contributed by atoms with Crippen LogP contribution in [0, 0.1) is 0 Å². The van der Waals surface area contributed by atoms with Gasteiger partial charge in [-0.2, -0.15) is 0 Å². The monoisotopic (exact) mass is 510 g/mol. The van der Waals surface area contributed by atoms with E-state index in [0.29, 0.717) is 0 Å². The Morgan fingerprint density at radius 2 is 0.600 bits per heavy atom. The quantitative estimate of drug-likeness (QED) is 0.462. The van der Waals surface area contributed by atoms with E-state index in [9.17, 15) is 0 Å². The second-order valence-electron chi connectivity index (χ2n) is 8.71. The van der Waals surface area contributed by atoms with Gasteiger partial charge in [0.05, 0.1) is 0 Å². The van der Waals surface area contributed by atoms with Gasteiger partial charge < -0.3 is 17.7 Å². The predicted octanol–water partition coefficient (Wildman–Crippen LogP) is 4.00. The molecule has 30 heavy (non-hydrogen) atoms. The van der Waals surface area contributed by atoms with Crippen LogP contribution in [-0.2, 0) is 17.7 Å². The summed E-state index contributed by atoms with van der Waals surface area (Å²) in [6.07, 6.45) is 10.9. The van der Waals surface area contributed by atoms with E-state index in [2.05, 4.69) is 32.7 Å². The van der Waals surface area contributed by atoms with Crippen LogP contribution in [0.2, 0.25) is 56.9 Å². The minimum absolute atomic E-state index is 0.595. The molecule has 0 aromatic carbocycles. The van der Waals surface area contributed by atoms with Crippen molar-refractivity contribution < 1.29 is 17.7 Å². The minimum Gasteiger partial charge on any atom is -0.420 e. The van der Waals surface area contributed by atoms with Crippen LogP contribution in [0.25, 0.3) is 0 Å². The number of hydrogen-bond donors (Lipinski definition) is 0. The average Bonchev–Trinajstić information content (AvgIpc) is 2.79. The summed E-state index contributed by atoms with van der Waals surface area (Å²) in [6.45, 7) is 15.4. The smallest absolute Gasteiger partial charge is 0.173 e. The molecule has 0 aromatic heterocycles. The van der Waals surface area contributed by atoms with Crippen LogP contribution in [0.1, 0.15) is 51.4 Å². The molecule has 4 unspecified atom stereocenters. The zero-order valence-electron chi connectivity index (χ0n) is 21.3. The van der Waals surface area contributed by atoms with Gasteiger partial charge in [-0.25, -0.2) is 0 Å². The SMILES string of the molecule is C[SiH3].C[SiH]1CCCCO1.C[SiH]1CCCCO1.C[SiH]1CCCCO1.C[SiH]1CCCCO1. The van der Waals surface area contributed by atoms with Gasteiger partial charge in [0.25, 0.3) is 0 Å². The van der Waals surface area contributed by atoms with Gasteiger partial charge in [0.1, 0.15) is 0 Å². The van der Waals surface area contributed by atoms with Gasteiger partial charge in [-0.1, -0.05) is 32.2 Å². The molecule has 0 saturated carbocycles. The van der Waals surface area contributed by atoms with Gasteiger partial charge in [-0.3, -0.25) is 0 Å². The third-order valence-electron chi connectivity index (χ3n) is 5.63. The maximum atomic E-state index is 5.42. The molecule has 9 heteroatoms. The van der Waals surface area contributed by atoms with E-state index in [1.807, 2.05) is 0 Å². The molecule has 0 N–H and O–H groups in total. The average molecular weight is 511 g/mol. The van der Waals surface area contributed by atoms with Crippen LogP contribution in [0.4, 0.5) is 0 Å². The highest BCUT2D eigenvalue weighted by atomic mass is 28.3. The largest absolute Gasteiger partial charge is 0.420 e. The third-order valence-corrected chi connectivity index (χ3v) is 13.7. The lowest BCUT2D eigenvalue weighted by atomic mass is 10.4. The third kappa shape index (κ3) is 20.8. The molecule has 4 heterocycles. The molecule has 4 nitrogen and oxygen atoms in total. The van der Waals surface area contributed by atoms with Crippen molar-refractivity contribution in [2.75, 3.05) is 26.4 Å². The molecule has 0 bridgehead atoms. The highest BCUT2D eigenvalue weighted by Gasteiger charge is 2.10. The van der Waals surface area contributed by atoms with E-state index in [4.69, 9.17) is 17.7 Å². The first kappa shape index (κ1) is 30.9. The number of hydrogen-bond acceptors (Lipinski definition) is 4. The second-order valence-corrected chi connectivity index (χ2v) is 18.8. The van der Waals surface area contributed by atoms with Crippen molar-refractivity contribution in [1.29, 1.82) is 0 Å². The molecule has 4 aliphatic heterocycles. The first-order chi connectivity index (χ1) is 14.6. The lowest BCUT2D eigenvalue weighted by Gasteiger charge is -2.16. The van der Waals surface area contributed by atoms with Crippen molar-refractivity contribution in [3.63, 3.8) is 0 Å². The fraction of sp³-hybridized carbons (Fsp3) is 1.00. The summed E-state index contributed by atoms with van der Waals surface area (Å²) >= 11 is 0. The Bertz CT molecular complexity index is 267. The van der Waals surface area contributed by atoms with E-state index in [1.54, 1.807) is 0 Å². The first-order valence-electron chi connectivity index (χ1n) is 13.0. The summed E-state index contributed by atoms with van der Waals surface area (Å²) in [6, 6.07) is 5.61. The lowest BCUT2D eigenvalue weighted by Crippen LogP contribution is -2.18. The first-order valence-corrected chi connectivity index (χ1v) is 24.8. The number of rotatable bonds is 0. The predicted molar refractivity (Wildman–Crippen MR) is 148 cm³/mol. The van der Waals surface area contributed by atoms with Crippen molar-refractivity contribution in [2.45, 2.75) is 108 Å². The van der Waals surface area contributed by atoms with E-state index >= 15 is 0 Å². The summed E-state index contributed by atoms with van der Waals surface area (Å²) in [5.41, 5.74) is 0. The van der Waals surface area contributed by atoms with Gasteiger partial charge in [-0.05, 0) is 86.3 Å². The van der Waals surface area contributed by atoms with Crippen molar-refractivity contribution in [3.05, 3.63) is 0 Å². The molecular weight excluding hydrogens is 457 g/mol. The Balaban J connectivity index is 0.000000363. The van der Waals surface area contributed by atoms with E-state index in [1.165, 1.54) is 85.8 Å². The molecular formula is C21H54O4Si5. The minimum atomic E-state index is -0.595. The van der Waals surface area contributed by atoms with Crippen LogP contribution >= 0.6 is 0 Å². The summed E-state index contributed by atoms with van der Waals surface area (Å²) in [5, 5.41) is 0. The fourth-order valence-electron chi connectivity index (χ4n) is 3.61. The van der Waals surface area contributed by atoms with E-state index in [0.717, 1.165) is 26.4 Å². The Morgan fingerprint density at radius 3 is 0.667 bits per heavy atom. The summed E-state index contributed by atoms with van der Waals surface area (Å²) < 4.78 is 21.7. The van der Waals surface area contributed by atoms with Crippen molar-refractivity contribution in [3.8, 4) is 0 Å². The standard InChI is InChI=1S/4C5H12OSi.CH6Si/c4*1-7-5-3-2-4-6-7;1-2/h4*7H,2-5H2,1H3;1-2H3. The Kier molecular flexibility index (Phi) is 23.8. The molecule has 0 amide bonds. The molecule has 0 aliphatic carbocycles. The molecule has 0 aromatic rings. The molecule has 4 saturated heterocycles. The van der Waals surface area contributed by atoms with Gasteiger partial charge in [0.2, 0.25) is 0 Å². The Labute approximate surface area is 198 Å². The van der Waals surface area contributed by atoms with Crippen LogP contribution in [-0.4, -0.2) is 72.8 Å². The lowest BCUT2D eigenvalue weighted by molar-refractivity contribution is 0.290. The zero-order valence-corrected chi connectivity index (χ0v) is 27.9. The Morgan fingerprint density at radius 1 is 0.400 bits per heavy atom. The van der Waals surface area contributed by atoms with Crippen molar-refractivity contribution in [2.24, 2.45) is 0 Å². The van der Waals surface area contributed by atoms with Crippen molar-refractivity contribution >= 4 is 46.4 Å². The van der Waals surface area contributed by atoms with Crippen LogP contribution in [0.5, 0.6) is 0 Å². The highest BCUT2D eigenvalue weighted by Crippen LogP contribution is 2.11. The maximum absolute atomic E-state index is 5.42. The van der Waals surface area contributed by atoms with E-state index in [-0.39, 0.29) is 0 Å². The second kappa shape index (κ2) is 23.1. The van der Waals surface area contributed by atoms with E-state index < -0.39 is 36.2 Å². The van der Waals surface area contributed by atoms with Gasteiger partial charge >= 0.3 is 0 Å². The Hall–Kier alpha value is 0.924. The topological polar surface area (TPSA) is 36.9 Å². The molecule has 4 rings (SSSR count). The molecule has 0 radical (unpaired) electrons. The van der Waals surface area contributed by atoms with Gasteiger partial charge in [0.15, 0.2) is 36.2 Å². The highest BCUT2D eigenvalue weighted by molar-refractivity contribution is 6.51. The molecule has 0 spiro atoms. The molecule has 4 fully saturated rings. The van der Waals surface area contributed by atoms with Gasteiger partial charge in [0, 0.05) is 26.4 Å². The van der Waals surface area contributed by atoms with Crippen LogP contribution in [0.3, 0.4) is 0 Å². The van der Waals surface area contributed by atoms with Gasteiger partial charge in [-0.15, -0.1) is 0 Å². The van der Waals surface area contributed by atoms with Crippen molar-refractivity contribution in [1.82, 2.24) is 0 Å². The maximum Gasteiger partial charge on any atom is 0.173 e. The van der Waals surface area contributed by atoms with Crippen LogP contribution < -0.4 is 0 Å². The molecule has 4 atom stereocenters. The molecule has 4 aliphatic rings. The molecule has 182 valence electrons.